The van der Waals surface area contributed by atoms with Crippen molar-refractivity contribution in [3.63, 3.8) is 0 Å². The largest absolute Gasteiger partial charge is 0.494 e. The minimum Gasteiger partial charge on any atom is -0.494 e. The summed E-state index contributed by atoms with van der Waals surface area (Å²) in [6.07, 6.45) is 7.49. The summed E-state index contributed by atoms with van der Waals surface area (Å²) in [5.41, 5.74) is 1.44. The first-order chi connectivity index (χ1) is 14.3. The summed E-state index contributed by atoms with van der Waals surface area (Å²) in [7, 11) is 0. The van der Waals surface area contributed by atoms with Crippen LogP contribution >= 0.6 is 12.4 Å². The third-order valence-electron chi connectivity index (χ3n) is 5.59. The molecule has 3 aromatic rings. The highest BCUT2D eigenvalue weighted by molar-refractivity contribution is 5.85. The average molecular weight is 428 g/mol. The number of unbranched alkanes of at least 4 members (excludes halogenated alkanes) is 3. The molecule has 1 aliphatic rings. The Morgan fingerprint density at radius 2 is 1.67 bits per heavy atom. The first-order valence-corrected chi connectivity index (χ1v) is 10.8. The molecule has 4 nitrogen and oxygen atoms in total. The Bertz CT molecular complexity index is 981. The van der Waals surface area contributed by atoms with Gasteiger partial charge in [-0.25, -0.2) is 0 Å². The van der Waals surface area contributed by atoms with E-state index < -0.39 is 0 Å². The van der Waals surface area contributed by atoms with Crippen molar-refractivity contribution < 1.29 is 9.15 Å². The van der Waals surface area contributed by atoms with Gasteiger partial charge < -0.3 is 14.1 Å². The second-order valence-electron chi connectivity index (χ2n) is 7.81. The van der Waals surface area contributed by atoms with Crippen molar-refractivity contribution in [3.8, 4) is 17.1 Å². The Morgan fingerprint density at radius 1 is 0.900 bits per heavy atom. The Kier molecular flexibility index (Phi) is 8.35. The van der Waals surface area contributed by atoms with Crippen molar-refractivity contribution >= 4 is 23.4 Å². The zero-order valence-corrected chi connectivity index (χ0v) is 18.2. The SMILES string of the molecule is Cl.O=c1cc(-c2ccccc2)oc2ccc(OCCCCCCN3CCCC3)cc12. The van der Waals surface area contributed by atoms with Crippen LogP contribution in [0.1, 0.15) is 38.5 Å². The Hall–Kier alpha value is -2.30. The molecule has 2 aromatic carbocycles. The third kappa shape index (κ3) is 5.87. The number of ether oxygens (including phenoxy) is 1. The second-order valence-corrected chi connectivity index (χ2v) is 7.81. The predicted octanol–water partition coefficient (Wildman–Crippen LogP) is 5.92. The lowest BCUT2D eigenvalue weighted by Gasteiger charge is -2.13. The molecule has 0 radical (unpaired) electrons. The summed E-state index contributed by atoms with van der Waals surface area (Å²) in [5, 5.41) is 0.563. The first-order valence-electron chi connectivity index (χ1n) is 10.8. The van der Waals surface area contributed by atoms with Crippen LogP contribution in [0.25, 0.3) is 22.3 Å². The summed E-state index contributed by atoms with van der Waals surface area (Å²) >= 11 is 0. The van der Waals surface area contributed by atoms with Crippen molar-refractivity contribution in [1.29, 1.82) is 0 Å². The molecule has 2 heterocycles. The minimum atomic E-state index is -0.0440. The number of likely N-dealkylation sites (tertiary alicyclic amines) is 1. The number of hydrogen-bond acceptors (Lipinski definition) is 4. The quantitative estimate of drug-likeness (QED) is 0.398. The molecule has 1 aliphatic heterocycles. The molecule has 0 unspecified atom stereocenters. The van der Waals surface area contributed by atoms with Crippen LogP contribution in [0.5, 0.6) is 5.75 Å². The van der Waals surface area contributed by atoms with E-state index in [-0.39, 0.29) is 17.8 Å². The normalized spacial score (nSPS) is 14.0. The predicted molar refractivity (Wildman–Crippen MR) is 125 cm³/mol. The maximum atomic E-state index is 12.6. The molecule has 1 fully saturated rings. The van der Waals surface area contributed by atoms with E-state index in [2.05, 4.69) is 4.90 Å². The summed E-state index contributed by atoms with van der Waals surface area (Å²) in [4.78, 5) is 15.1. The van der Waals surface area contributed by atoms with Crippen LogP contribution in [-0.4, -0.2) is 31.1 Å². The lowest BCUT2D eigenvalue weighted by Crippen LogP contribution is -2.20. The highest BCUT2D eigenvalue weighted by Crippen LogP contribution is 2.24. The maximum Gasteiger partial charge on any atom is 0.193 e. The van der Waals surface area contributed by atoms with Crippen molar-refractivity contribution in [2.75, 3.05) is 26.2 Å². The van der Waals surface area contributed by atoms with Gasteiger partial charge in [0, 0.05) is 11.6 Å². The van der Waals surface area contributed by atoms with Crippen LogP contribution in [-0.2, 0) is 0 Å². The number of nitrogens with zero attached hydrogens (tertiary/aromatic N) is 1. The standard InChI is InChI=1S/C25H29NO3.ClH/c27-23-19-25(20-10-4-3-5-11-20)29-24-13-12-21(18-22(23)24)28-17-9-2-1-6-14-26-15-7-8-16-26;/h3-5,10-13,18-19H,1-2,6-9,14-17H2;1H. The molecule has 1 aromatic heterocycles. The van der Waals surface area contributed by atoms with Gasteiger partial charge in [-0.1, -0.05) is 43.2 Å². The van der Waals surface area contributed by atoms with Crippen LogP contribution in [0.4, 0.5) is 0 Å². The fourth-order valence-corrected chi connectivity index (χ4v) is 3.96. The van der Waals surface area contributed by atoms with E-state index in [4.69, 9.17) is 9.15 Å². The van der Waals surface area contributed by atoms with E-state index in [1.165, 1.54) is 51.7 Å². The number of rotatable bonds is 9. The minimum absolute atomic E-state index is 0. The summed E-state index contributed by atoms with van der Waals surface area (Å²) in [6.45, 7) is 4.49. The molecule has 160 valence electrons. The third-order valence-corrected chi connectivity index (χ3v) is 5.59. The maximum absolute atomic E-state index is 12.6. The van der Waals surface area contributed by atoms with Crippen molar-refractivity contribution in [2.24, 2.45) is 0 Å². The molecule has 0 atom stereocenters. The fraction of sp³-hybridized carbons (Fsp3) is 0.400. The Morgan fingerprint density at radius 3 is 2.47 bits per heavy atom. The van der Waals surface area contributed by atoms with Gasteiger partial charge in [0.2, 0.25) is 0 Å². The zero-order chi connectivity index (χ0) is 19.9. The Labute approximate surface area is 184 Å². The van der Waals surface area contributed by atoms with Crippen LogP contribution in [0.15, 0.2) is 63.8 Å². The molecule has 0 bridgehead atoms. The number of benzene rings is 2. The van der Waals surface area contributed by atoms with Gasteiger partial charge in [0.1, 0.15) is 17.1 Å². The lowest BCUT2D eigenvalue weighted by molar-refractivity contribution is 0.297. The highest BCUT2D eigenvalue weighted by atomic mass is 35.5. The van der Waals surface area contributed by atoms with E-state index in [9.17, 15) is 4.79 Å². The molecule has 1 saturated heterocycles. The topological polar surface area (TPSA) is 42.7 Å². The van der Waals surface area contributed by atoms with Gasteiger partial charge in [-0.2, -0.15) is 0 Å². The number of hydrogen-bond donors (Lipinski definition) is 0. The summed E-state index contributed by atoms with van der Waals surface area (Å²) < 4.78 is 11.8. The van der Waals surface area contributed by atoms with Gasteiger partial charge in [0.15, 0.2) is 5.43 Å². The molecular formula is C25H30ClNO3. The van der Waals surface area contributed by atoms with Gasteiger partial charge in [-0.15, -0.1) is 12.4 Å². The van der Waals surface area contributed by atoms with E-state index >= 15 is 0 Å². The highest BCUT2D eigenvalue weighted by Gasteiger charge is 2.10. The molecule has 0 aliphatic carbocycles. The van der Waals surface area contributed by atoms with Crippen LogP contribution in [0.2, 0.25) is 0 Å². The summed E-state index contributed by atoms with van der Waals surface area (Å²) in [6, 6.07) is 16.7. The van der Waals surface area contributed by atoms with E-state index in [1.807, 2.05) is 42.5 Å². The molecule has 0 saturated carbocycles. The smallest absolute Gasteiger partial charge is 0.193 e. The lowest BCUT2D eigenvalue weighted by atomic mass is 10.1. The van der Waals surface area contributed by atoms with Gasteiger partial charge in [-0.05, 0) is 63.5 Å². The fourth-order valence-electron chi connectivity index (χ4n) is 3.96. The summed E-state index contributed by atoms with van der Waals surface area (Å²) in [5.74, 6) is 1.32. The number of fused-ring (bicyclic) bond motifs is 1. The monoisotopic (exact) mass is 427 g/mol. The zero-order valence-electron chi connectivity index (χ0n) is 17.3. The van der Waals surface area contributed by atoms with E-state index in [0.29, 0.717) is 23.3 Å². The van der Waals surface area contributed by atoms with Gasteiger partial charge in [-0.3, -0.25) is 4.79 Å². The van der Waals surface area contributed by atoms with E-state index in [1.54, 1.807) is 12.1 Å². The Balaban J connectivity index is 0.00000256. The molecule has 0 amide bonds. The molecule has 30 heavy (non-hydrogen) atoms. The molecule has 5 heteroatoms. The molecule has 4 rings (SSSR count). The van der Waals surface area contributed by atoms with Crippen molar-refractivity contribution in [1.82, 2.24) is 4.90 Å². The second kappa shape index (κ2) is 11.2. The van der Waals surface area contributed by atoms with E-state index in [0.717, 1.165) is 17.7 Å². The van der Waals surface area contributed by atoms with Crippen molar-refractivity contribution in [2.45, 2.75) is 38.5 Å². The van der Waals surface area contributed by atoms with Gasteiger partial charge in [0.05, 0.1) is 12.0 Å². The average Bonchev–Trinajstić information content (AvgIpc) is 3.27. The van der Waals surface area contributed by atoms with Gasteiger partial charge in [0.25, 0.3) is 0 Å². The van der Waals surface area contributed by atoms with Crippen LogP contribution < -0.4 is 10.2 Å². The molecule has 0 spiro atoms. The van der Waals surface area contributed by atoms with Gasteiger partial charge >= 0.3 is 0 Å². The van der Waals surface area contributed by atoms with Crippen LogP contribution in [0.3, 0.4) is 0 Å². The first kappa shape index (κ1) is 22.4. The van der Waals surface area contributed by atoms with Crippen LogP contribution in [0, 0.1) is 0 Å². The molecular weight excluding hydrogens is 398 g/mol. The molecule has 0 N–H and O–H groups in total. The van der Waals surface area contributed by atoms with Crippen molar-refractivity contribution in [3.05, 3.63) is 64.8 Å². The number of halogens is 1.